The van der Waals surface area contributed by atoms with Crippen LogP contribution in [0.5, 0.6) is 0 Å². The Labute approximate surface area is 153 Å². The van der Waals surface area contributed by atoms with Gasteiger partial charge in [0.15, 0.2) is 0 Å². The zero-order valence-electron chi connectivity index (χ0n) is 14.4. The molecular weight excluding hydrogens is 336 g/mol. The van der Waals surface area contributed by atoms with Crippen molar-refractivity contribution in [1.82, 2.24) is 4.90 Å². The SMILES string of the molecule is CC(=O)N(CC(=O)N1c2ccccc2CC1C)Cc1ccc(Cl)cc1. The molecule has 4 nitrogen and oxygen atoms in total. The number of halogens is 1. The van der Waals surface area contributed by atoms with E-state index >= 15 is 0 Å². The van der Waals surface area contributed by atoms with Crippen molar-refractivity contribution in [2.45, 2.75) is 32.9 Å². The Morgan fingerprint density at radius 2 is 1.84 bits per heavy atom. The van der Waals surface area contributed by atoms with Gasteiger partial charge in [-0.05, 0) is 42.7 Å². The van der Waals surface area contributed by atoms with Gasteiger partial charge < -0.3 is 9.80 Å². The Kier molecular flexibility index (Phi) is 5.09. The maximum absolute atomic E-state index is 12.9. The second kappa shape index (κ2) is 7.28. The molecule has 0 aromatic heterocycles. The van der Waals surface area contributed by atoms with E-state index in [2.05, 4.69) is 6.07 Å². The minimum Gasteiger partial charge on any atom is -0.329 e. The highest BCUT2D eigenvalue weighted by molar-refractivity contribution is 6.30. The number of hydrogen-bond donors (Lipinski definition) is 0. The summed E-state index contributed by atoms with van der Waals surface area (Å²) in [7, 11) is 0. The average Bonchev–Trinajstić information content (AvgIpc) is 2.91. The number of benzene rings is 2. The largest absolute Gasteiger partial charge is 0.329 e. The fourth-order valence-corrected chi connectivity index (χ4v) is 3.40. The quantitative estimate of drug-likeness (QED) is 0.838. The van der Waals surface area contributed by atoms with Crippen molar-refractivity contribution < 1.29 is 9.59 Å². The van der Waals surface area contributed by atoms with Crippen molar-refractivity contribution in [2.24, 2.45) is 0 Å². The van der Waals surface area contributed by atoms with Crippen LogP contribution in [0.2, 0.25) is 5.02 Å². The molecule has 1 atom stereocenters. The molecule has 0 radical (unpaired) electrons. The lowest BCUT2D eigenvalue weighted by atomic mass is 10.1. The fourth-order valence-electron chi connectivity index (χ4n) is 3.27. The van der Waals surface area contributed by atoms with Crippen LogP contribution < -0.4 is 4.90 Å². The molecule has 0 saturated heterocycles. The molecule has 0 saturated carbocycles. The molecule has 3 rings (SSSR count). The number of fused-ring (bicyclic) bond motifs is 1. The lowest BCUT2D eigenvalue weighted by Gasteiger charge is -2.27. The van der Waals surface area contributed by atoms with Crippen LogP contribution in [0, 0.1) is 0 Å². The lowest BCUT2D eigenvalue weighted by molar-refractivity contribution is -0.134. The van der Waals surface area contributed by atoms with Gasteiger partial charge in [-0.1, -0.05) is 41.9 Å². The Hall–Kier alpha value is -2.33. The predicted octanol–water partition coefficient (Wildman–Crippen LogP) is 3.67. The molecule has 0 spiro atoms. The van der Waals surface area contributed by atoms with E-state index in [0.29, 0.717) is 11.6 Å². The number of para-hydroxylation sites is 1. The number of amides is 2. The fraction of sp³-hybridized carbons (Fsp3) is 0.300. The summed E-state index contributed by atoms with van der Waals surface area (Å²) < 4.78 is 0. The molecule has 0 aliphatic carbocycles. The number of hydrogen-bond acceptors (Lipinski definition) is 2. The second-order valence-corrected chi connectivity index (χ2v) is 6.88. The average molecular weight is 357 g/mol. The molecule has 1 aliphatic rings. The zero-order chi connectivity index (χ0) is 18.0. The maximum atomic E-state index is 12.9. The monoisotopic (exact) mass is 356 g/mol. The van der Waals surface area contributed by atoms with Gasteiger partial charge in [-0.25, -0.2) is 0 Å². The number of carbonyl (C=O) groups excluding carboxylic acids is 2. The predicted molar refractivity (Wildman–Crippen MR) is 99.6 cm³/mol. The summed E-state index contributed by atoms with van der Waals surface area (Å²) in [4.78, 5) is 28.3. The van der Waals surface area contributed by atoms with Crippen LogP contribution in [0.25, 0.3) is 0 Å². The number of anilines is 1. The first-order chi connectivity index (χ1) is 12.0. The number of rotatable bonds is 4. The van der Waals surface area contributed by atoms with E-state index in [-0.39, 0.29) is 24.4 Å². The normalized spacial score (nSPS) is 15.8. The van der Waals surface area contributed by atoms with Crippen LogP contribution in [-0.4, -0.2) is 29.3 Å². The topological polar surface area (TPSA) is 40.6 Å². The molecule has 1 unspecified atom stereocenters. The van der Waals surface area contributed by atoms with Crippen LogP contribution in [0.15, 0.2) is 48.5 Å². The highest BCUT2D eigenvalue weighted by Crippen LogP contribution is 2.31. The van der Waals surface area contributed by atoms with Gasteiger partial charge in [0, 0.05) is 30.2 Å². The summed E-state index contributed by atoms with van der Waals surface area (Å²) in [5.74, 6) is -0.176. The van der Waals surface area contributed by atoms with Gasteiger partial charge >= 0.3 is 0 Å². The Morgan fingerprint density at radius 1 is 1.16 bits per heavy atom. The van der Waals surface area contributed by atoms with E-state index in [1.165, 1.54) is 12.5 Å². The third-order valence-electron chi connectivity index (χ3n) is 4.53. The van der Waals surface area contributed by atoms with Crippen LogP contribution in [0.1, 0.15) is 25.0 Å². The first-order valence-corrected chi connectivity index (χ1v) is 8.73. The van der Waals surface area contributed by atoms with Crippen molar-refractivity contribution >= 4 is 29.1 Å². The molecule has 2 aromatic carbocycles. The van der Waals surface area contributed by atoms with E-state index in [0.717, 1.165) is 17.7 Å². The first kappa shape index (κ1) is 17.5. The molecule has 130 valence electrons. The van der Waals surface area contributed by atoms with Crippen LogP contribution >= 0.6 is 11.6 Å². The molecule has 25 heavy (non-hydrogen) atoms. The van der Waals surface area contributed by atoms with Crippen LogP contribution in [0.4, 0.5) is 5.69 Å². The molecule has 0 N–H and O–H groups in total. The van der Waals surface area contributed by atoms with Gasteiger partial charge in [-0.15, -0.1) is 0 Å². The third kappa shape index (κ3) is 3.85. The molecule has 2 amide bonds. The Balaban J connectivity index is 1.75. The van der Waals surface area contributed by atoms with Gasteiger partial charge in [-0.3, -0.25) is 9.59 Å². The third-order valence-corrected chi connectivity index (χ3v) is 4.79. The summed E-state index contributed by atoms with van der Waals surface area (Å²) in [6.45, 7) is 3.98. The summed E-state index contributed by atoms with van der Waals surface area (Å²) in [6.07, 6.45) is 0.846. The molecule has 5 heteroatoms. The van der Waals surface area contributed by atoms with Crippen molar-refractivity contribution in [1.29, 1.82) is 0 Å². The highest BCUT2D eigenvalue weighted by Gasteiger charge is 2.31. The van der Waals surface area contributed by atoms with Gasteiger partial charge in [0.25, 0.3) is 0 Å². The summed E-state index contributed by atoms with van der Waals surface area (Å²) in [5, 5.41) is 0.650. The van der Waals surface area contributed by atoms with E-state index in [1.807, 2.05) is 42.2 Å². The highest BCUT2D eigenvalue weighted by atomic mass is 35.5. The van der Waals surface area contributed by atoms with Gasteiger partial charge in [0.1, 0.15) is 6.54 Å². The first-order valence-electron chi connectivity index (χ1n) is 8.35. The van der Waals surface area contributed by atoms with E-state index in [4.69, 9.17) is 11.6 Å². The van der Waals surface area contributed by atoms with E-state index < -0.39 is 0 Å². The standard InChI is InChI=1S/C20H21ClN2O2/c1-14-11-17-5-3-4-6-19(17)23(14)20(25)13-22(15(2)24)12-16-7-9-18(21)10-8-16/h3-10,14H,11-13H2,1-2H3. The smallest absolute Gasteiger partial charge is 0.246 e. The second-order valence-electron chi connectivity index (χ2n) is 6.45. The van der Waals surface area contributed by atoms with Crippen molar-refractivity contribution in [3.63, 3.8) is 0 Å². The minimum atomic E-state index is -0.122. The summed E-state index contributed by atoms with van der Waals surface area (Å²) >= 11 is 5.90. The van der Waals surface area contributed by atoms with Gasteiger partial charge in [-0.2, -0.15) is 0 Å². The number of carbonyl (C=O) groups is 2. The Morgan fingerprint density at radius 3 is 2.52 bits per heavy atom. The van der Waals surface area contributed by atoms with Crippen LogP contribution in [-0.2, 0) is 22.6 Å². The minimum absolute atomic E-state index is 0.0541. The molecule has 0 fully saturated rings. The van der Waals surface area contributed by atoms with Gasteiger partial charge in [0.2, 0.25) is 11.8 Å². The van der Waals surface area contributed by atoms with E-state index in [9.17, 15) is 9.59 Å². The lowest BCUT2D eigenvalue weighted by Crippen LogP contribution is -2.44. The molecular formula is C20H21ClN2O2. The molecule has 2 aromatic rings. The van der Waals surface area contributed by atoms with E-state index in [1.54, 1.807) is 17.0 Å². The summed E-state index contributed by atoms with van der Waals surface area (Å²) in [6, 6.07) is 15.4. The van der Waals surface area contributed by atoms with Crippen LogP contribution in [0.3, 0.4) is 0 Å². The maximum Gasteiger partial charge on any atom is 0.246 e. The number of nitrogens with zero attached hydrogens (tertiary/aromatic N) is 2. The van der Waals surface area contributed by atoms with Crippen molar-refractivity contribution in [2.75, 3.05) is 11.4 Å². The zero-order valence-corrected chi connectivity index (χ0v) is 15.2. The van der Waals surface area contributed by atoms with Gasteiger partial charge in [0.05, 0.1) is 0 Å². The Bertz CT molecular complexity index is 789. The summed E-state index contributed by atoms with van der Waals surface area (Å²) in [5.41, 5.74) is 3.08. The molecule has 0 bridgehead atoms. The van der Waals surface area contributed by atoms with Crippen molar-refractivity contribution in [3.8, 4) is 0 Å². The molecule has 1 heterocycles. The van der Waals surface area contributed by atoms with Crippen molar-refractivity contribution in [3.05, 3.63) is 64.7 Å². The molecule has 1 aliphatic heterocycles.